The molecule has 0 aromatic carbocycles. The van der Waals surface area contributed by atoms with Gasteiger partial charge in [-0.05, 0) is 0 Å². The van der Waals surface area contributed by atoms with Gasteiger partial charge in [-0.25, -0.2) is 14.8 Å². The van der Waals surface area contributed by atoms with Crippen LogP contribution in [-0.2, 0) is 9.53 Å². The van der Waals surface area contributed by atoms with Crippen molar-refractivity contribution in [3.63, 3.8) is 0 Å². The van der Waals surface area contributed by atoms with Gasteiger partial charge in [-0.3, -0.25) is 4.79 Å². The van der Waals surface area contributed by atoms with Crippen molar-refractivity contribution >= 4 is 18.0 Å². The minimum Gasteiger partial charge on any atom is -0.481 e. The first-order valence-corrected chi connectivity index (χ1v) is 4.42. The zero-order valence-corrected chi connectivity index (χ0v) is 8.58. The van der Waals surface area contributed by atoms with Crippen LogP contribution in [0.2, 0.25) is 0 Å². The number of hydrogen-bond acceptors (Lipinski definition) is 5. The quantitative estimate of drug-likeness (QED) is 0.756. The highest BCUT2D eigenvalue weighted by Crippen LogP contribution is 2.01. The number of nitrogens with zero attached hydrogens (tertiary/aromatic N) is 2. The van der Waals surface area contributed by atoms with E-state index in [1.807, 2.05) is 0 Å². The van der Waals surface area contributed by atoms with Crippen molar-refractivity contribution in [2.24, 2.45) is 0 Å². The lowest BCUT2D eigenvalue weighted by atomic mass is 10.3. The molecular weight excluding hydrogens is 212 g/mol. The molecule has 0 aliphatic rings. The molecule has 0 aliphatic carbocycles. The molecule has 0 fully saturated rings. The molecule has 1 N–H and O–H groups in total. The second kappa shape index (κ2) is 5.59. The van der Waals surface area contributed by atoms with Crippen molar-refractivity contribution in [1.29, 1.82) is 0 Å². The Labute approximate surface area is 91.6 Å². The summed E-state index contributed by atoms with van der Waals surface area (Å²) in [5, 5.41) is 8.40. The summed E-state index contributed by atoms with van der Waals surface area (Å²) in [4.78, 5) is 28.7. The van der Waals surface area contributed by atoms with Crippen LogP contribution < -0.4 is 0 Å². The van der Waals surface area contributed by atoms with Crippen molar-refractivity contribution in [2.45, 2.75) is 6.42 Å². The maximum absolute atomic E-state index is 11.0. The van der Waals surface area contributed by atoms with Gasteiger partial charge in [-0.1, -0.05) is 12.2 Å². The molecule has 0 unspecified atom stereocenters. The number of rotatable bonds is 4. The number of hydrogen-bond donors (Lipinski definition) is 1. The van der Waals surface area contributed by atoms with Gasteiger partial charge in [0.15, 0.2) is 0 Å². The number of aliphatic carboxylic acids is 1. The largest absolute Gasteiger partial charge is 0.481 e. The number of carbonyl (C=O) groups excluding carboxylic acids is 1. The molecule has 6 heteroatoms. The normalized spacial score (nSPS) is 10.3. The van der Waals surface area contributed by atoms with Gasteiger partial charge in [0.2, 0.25) is 5.82 Å². The molecule has 1 rings (SSSR count). The molecule has 1 aromatic heterocycles. The first kappa shape index (κ1) is 11.8. The molecule has 0 saturated carbocycles. The number of carboxylic acids is 1. The van der Waals surface area contributed by atoms with E-state index in [2.05, 4.69) is 14.7 Å². The lowest BCUT2D eigenvalue weighted by molar-refractivity contribution is -0.135. The van der Waals surface area contributed by atoms with Crippen molar-refractivity contribution in [2.75, 3.05) is 7.11 Å². The Morgan fingerprint density at radius 1 is 1.44 bits per heavy atom. The highest BCUT2D eigenvalue weighted by Gasteiger charge is 2.07. The first-order chi connectivity index (χ1) is 7.63. The van der Waals surface area contributed by atoms with Gasteiger partial charge in [0.1, 0.15) is 0 Å². The van der Waals surface area contributed by atoms with Gasteiger partial charge in [-0.2, -0.15) is 0 Å². The average Bonchev–Trinajstić information content (AvgIpc) is 2.28. The summed E-state index contributed by atoms with van der Waals surface area (Å²) in [6, 6.07) is 0. The van der Waals surface area contributed by atoms with Crippen LogP contribution in [-0.4, -0.2) is 34.1 Å². The Bertz CT molecular complexity index is 411. The Morgan fingerprint density at radius 2 is 2.06 bits per heavy atom. The van der Waals surface area contributed by atoms with E-state index in [1.165, 1.54) is 25.6 Å². The predicted molar refractivity (Wildman–Crippen MR) is 54.7 cm³/mol. The number of esters is 1. The van der Waals surface area contributed by atoms with Gasteiger partial charge in [-0.15, -0.1) is 0 Å². The molecule has 0 atom stereocenters. The third-order valence-electron chi connectivity index (χ3n) is 1.64. The Kier molecular flexibility index (Phi) is 4.14. The molecule has 6 nitrogen and oxygen atoms in total. The fourth-order valence-electron chi connectivity index (χ4n) is 0.917. The number of carboxylic acid groups (broad SMARTS) is 1. The smallest absolute Gasteiger partial charge is 0.376 e. The number of ether oxygens (including phenoxy) is 1. The molecule has 0 saturated heterocycles. The van der Waals surface area contributed by atoms with Crippen LogP contribution in [0.5, 0.6) is 0 Å². The maximum Gasteiger partial charge on any atom is 0.376 e. The number of aromatic nitrogens is 2. The molecule has 1 aromatic rings. The van der Waals surface area contributed by atoms with Crippen LogP contribution in [0, 0.1) is 0 Å². The van der Waals surface area contributed by atoms with E-state index >= 15 is 0 Å². The Balaban J connectivity index is 2.68. The summed E-state index contributed by atoms with van der Waals surface area (Å²) >= 11 is 0. The van der Waals surface area contributed by atoms with Gasteiger partial charge >= 0.3 is 11.9 Å². The highest BCUT2D eigenvalue weighted by molar-refractivity contribution is 5.84. The van der Waals surface area contributed by atoms with Crippen LogP contribution >= 0.6 is 0 Å². The molecule has 0 aliphatic heterocycles. The van der Waals surface area contributed by atoms with E-state index in [0.29, 0.717) is 5.56 Å². The van der Waals surface area contributed by atoms with Gasteiger partial charge in [0.25, 0.3) is 0 Å². The summed E-state index contributed by atoms with van der Waals surface area (Å²) in [6.45, 7) is 0. The fraction of sp³-hybridized carbons (Fsp3) is 0.200. The zero-order valence-electron chi connectivity index (χ0n) is 8.58. The minimum atomic E-state index is -0.914. The van der Waals surface area contributed by atoms with Crippen LogP contribution in [0.25, 0.3) is 6.08 Å². The van der Waals surface area contributed by atoms with Crippen LogP contribution in [0.15, 0.2) is 18.5 Å². The third-order valence-corrected chi connectivity index (χ3v) is 1.64. The molecule has 0 spiro atoms. The summed E-state index contributed by atoms with van der Waals surface area (Å²) in [5.41, 5.74) is 0.619. The second-order valence-corrected chi connectivity index (χ2v) is 2.83. The second-order valence-electron chi connectivity index (χ2n) is 2.83. The topological polar surface area (TPSA) is 89.4 Å². The van der Waals surface area contributed by atoms with Gasteiger partial charge < -0.3 is 9.84 Å². The van der Waals surface area contributed by atoms with Crippen molar-refractivity contribution in [3.05, 3.63) is 29.9 Å². The van der Waals surface area contributed by atoms with E-state index in [4.69, 9.17) is 5.11 Å². The lowest BCUT2D eigenvalue weighted by Gasteiger charge is -1.97. The molecule has 0 radical (unpaired) electrons. The molecule has 0 bridgehead atoms. The summed E-state index contributed by atoms with van der Waals surface area (Å²) in [7, 11) is 1.24. The van der Waals surface area contributed by atoms with Crippen molar-refractivity contribution in [1.82, 2.24) is 9.97 Å². The van der Waals surface area contributed by atoms with Crippen molar-refractivity contribution in [3.8, 4) is 0 Å². The third kappa shape index (κ3) is 3.49. The number of carbonyl (C=O) groups is 2. The van der Waals surface area contributed by atoms with Gasteiger partial charge in [0, 0.05) is 18.0 Å². The van der Waals surface area contributed by atoms with E-state index in [0.717, 1.165) is 0 Å². The fourth-order valence-corrected chi connectivity index (χ4v) is 0.917. The molecule has 0 amide bonds. The molecule has 84 valence electrons. The Hall–Kier alpha value is -2.24. The first-order valence-electron chi connectivity index (χ1n) is 4.42. The van der Waals surface area contributed by atoms with E-state index in [1.54, 1.807) is 6.08 Å². The summed E-state index contributed by atoms with van der Waals surface area (Å²) in [5.74, 6) is -1.55. The van der Waals surface area contributed by atoms with E-state index < -0.39 is 11.9 Å². The van der Waals surface area contributed by atoms with E-state index in [9.17, 15) is 9.59 Å². The highest BCUT2D eigenvalue weighted by atomic mass is 16.5. The molecule has 16 heavy (non-hydrogen) atoms. The lowest BCUT2D eigenvalue weighted by Crippen LogP contribution is -2.06. The van der Waals surface area contributed by atoms with Crippen molar-refractivity contribution < 1.29 is 19.4 Å². The Morgan fingerprint density at radius 3 is 2.56 bits per heavy atom. The zero-order chi connectivity index (χ0) is 12.0. The summed E-state index contributed by atoms with van der Waals surface area (Å²) in [6.07, 6.45) is 5.79. The molecular formula is C10H10N2O4. The van der Waals surface area contributed by atoms with Gasteiger partial charge in [0.05, 0.1) is 13.5 Å². The monoisotopic (exact) mass is 222 g/mol. The van der Waals surface area contributed by atoms with Crippen LogP contribution in [0.3, 0.4) is 0 Å². The van der Waals surface area contributed by atoms with E-state index in [-0.39, 0.29) is 12.2 Å². The number of methoxy groups -OCH3 is 1. The van der Waals surface area contributed by atoms with Crippen LogP contribution in [0.4, 0.5) is 0 Å². The average molecular weight is 222 g/mol. The standard InChI is InChI=1S/C10H10N2O4/c1-16-10(15)9-11-5-7(6-12-9)3-2-4-8(13)14/h2-3,5-6H,4H2,1H3,(H,13,14). The SMILES string of the molecule is COC(=O)c1ncc(C=CCC(=O)O)cn1. The summed E-state index contributed by atoms with van der Waals surface area (Å²) < 4.78 is 4.43. The minimum absolute atomic E-state index is 0.0297. The maximum atomic E-state index is 11.0. The molecule has 1 heterocycles. The van der Waals surface area contributed by atoms with Crippen LogP contribution in [0.1, 0.15) is 22.6 Å². The predicted octanol–water partition coefficient (Wildman–Crippen LogP) is 0.751.